The number of carbonyl (C=O) groups is 1. The fourth-order valence-electron chi connectivity index (χ4n) is 2.67. The second-order valence-electron chi connectivity index (χ2n) is 6.06. The molecule has 2 aromatic carbocycles. The van der Waals surface area contributed by atoms with Crippen LogP contribution in [0.5, 0.6) is 0 Å². The molecule has 2 heterocycles. The molecule has 2 aromatic heterocycles. The molecular formula is C21H16FN3OS2. The van der Waals surface area contributed by atoms with Crippen molar-refractivity contribution in [2.45, 2.75) is 11.6 Å². The lowest BCUT2D eigenvalue weighted by Crippen LogP contribution is -2.24. The van der Waals surface area contributed by atoms with E-state index in [9.17, 15) is 9.18 Å². The molecular weight excluding hydrogens is 393 g/mol. The summed E-state index contributed by atoms with van der Waals surface area (Å²) in [5, 5.41) is 3.69. The van der Waals surface area contributed by atoms with Crippen LogP contribution in [0.25, 0.3) is 20.7 Å². The number of thioether (sulfide) groups is 1. The number of hydrogen-bond donors (Lipinski definition) is 1. The fraction of sp³-hybridized carbons (Fsp3) is 0.0952. The highest BCUT2D eigenvalue weighted by Gasteiger charge is 2.12. The summed E-state index contributed by atoms with van der Waals surface area (Å²) in [6.07, 6.45) is 1.51. The lowest BCUT2D eigenvalue weighted by Gasteiger charge is -2.05. The van der Waals surface area contributed by atoms with Crippen molar-refractivity contribution in [1.29, 1.82) is 0 Å². The van der Waals surface area contributed by atoms with Crippen LogP contribution in [0.1, 0.15) is 5.56 Å². The van der Waals surface area contributed by atoms with Crippen LogP contribution in [0.2, 0.25) is 0 Å². The molecule has 0 bridgehead atoms. The van der Waals surface area contributed by atoms with E-state index in [1.54, 1.807) is 23.5 Å². The van der Waals surface area contributed by atoms with Crippen LogP contribution in [-0.4, -0.2) is 21.6 Å². The summed E-state index contributed by atoms with van der Waals surface area (Å²) in [7, 11) is 0. The number of fused-ring (bicyclic) bond motifs is 1. The molecule has 4 aromatic rings. The van der Waals surface area contributed by atoms with Gasteiger partial charge in [-0.2, -0.15) is 0 Å². The Balaban J connectivity index is 1.45. The summed E-state index contributed by atoms with van der Waals surface area (Å²) < 4.78 is 14.1. The van der Waals surface area contributed by atoms with E-state index >= 15 is 0 Å². The molecule has 7 heteroatoms. The number of halogens is 1. The van der Waals surface area contributed by atoms with E-state index in [0.29, 0.717) is 6.54 Å². The number of rotatable bonds is 6. The van der Waals surface area contributed by atoms with Crippen LogP contribution in [0.4, 0.5) is 4.39 Å². The van der Waals surface area contributed by atoms with Crippen molar-refractivity contribution in [2.75, 3.05) is 5.75 Å². The quantitative estimate of drug-likeness (QED) is 0.363. The predicted molar refractivity (Wildman–Crippen MR) is 112 cm³/mol. The lowest BCUT2D eigenvalue weighted by atomic mass is 10.2. The van der Waals surface area contributed by atoms with Gasteiger partial charge in [0, 0.05) is 11.4 Å². The third kappa shape index (κ3) is 4.37. The van der Waals surface area contributed by atoms with Crippen LogP contribution in [0, 0.1) is 5.82 Å². The summed E-state index contributed by atoms with van der Waals surface area (Å²) in [6, 6.07) is 18.1. The molecule has 0 saturated heterocycles. The number of thiophene rings is 1. The zero-order valence-corrected chi connectivity index (χ0v) is 16.4. The molecule has 0 aliphatic rings. The molecule has 0 saturated carbocycles. The second-order valence-corrected chi connectivity index (χ2v) is 8.08. The van der Waals surface area contributed by atoms with E-state index in [1.165, 1.54) is 30.2 Å². The molecule has 0 radical (unpaired) electrons. The summed E-state index contributed by atoms with van der Waals surface area (Å²) in [4.78, 5) is 21.8. The first-order valence-corrected chi connectivity index (χ1v) is 10.4. The zero-order chi connectivity index (χ0) is 19.3. The number of hydrogen-bond acceptors (Lipinski definition) is 5. The van der Waals surface area contributed by atoms with Crippen molar-refractivity contribution in [3.63, 3.8) is 0 Å². The number of carbonyl (C=O) groups excluding carboxylic acids is 1. The fourth-order valence-corrected chi connectivity index (χ4v) is 4.70. The van der Waals surface area contributed by atoms with Gasteiger partial charge < -0.3 is 5.32 Å². The average Bonchev–Trinajstić information content (AvgIpc) is 3.17. The van der Waals surface area contributed by atoms with E-state index in [1.807, 2.05) is 36.4 Å². The minimum Gasteiger partial charge on any atom is -0.351 e. The van der Waals surface area contributed by atoms with Crippen molar-refractivity contribution >= 4 is 39.2 Å². The van der Waals surface area contributed by atoms with Crippen LogP contribution < -0.4 is 5.32 Å². The van der Waals surface area contributed by atoms with Crippen LogP contribution in [-0.2, 0) is 11.3 Å². The maximum absolute atomic E-state index is 13.2. The molecule has 4 nitrogen and oxygen atoms in total. The summed E-state index contributed by atoms with van der Waals surface area (Å²) in [5.41, 5.74) is 2.82. The van der Waals surface area contributed by atoms with Crippen molar-refractivity contribution in [1.82, 2.24) is 15.3 Å². The van der Waals surface area contributed by atoms with Gasteiger partial charge in [-0.1, -0.05) is 54.2 Å². The molecule has 140 valence electrons. The molecule has 0 spiro atoms. The van der Waals surface area contributed by atoms with Gasteiger partial charge in [0.1, 0.15) is 17.2 Å². The average molecular weight is 410 g/mol. The third-order valence-corrected chi connectivity index (χ3v) is 6.38. The van der Waals surface area contributed by atoms with Crippen molar-refractivity contribution in [2.24, 2.45) is 0 Å². The van der Waals surface area contributed by atoms with Crippen molar-refractivity contribution in [3.05, 3.63) is 78.4 Å². The molecule has 4 rings (SSSR count). The lowest BCUT2D eigenvalue weighted by molar-refractivity contribution is -0.118. The van der Waals surface area contributed by atoms with E-state index < -0.39 is 0 Å². The number of aromatic nitrogens is 2. The van der Waals surface area contributed by atoms with Crippen LogP contribution in [0.15, 0.2) is 72.0 Å². The standard InChI is InChI=1S/C21H16FN3OS2/c22-16-8-6-15(7-9-16)18-10-17-20(28-18)21(25-13-24-17)27-12-19(26)23-11-14-4-2-1-3-5-14/h1-10,13H,11-12H2,(H,23,26). The van der Waals surface area contributed by atoms with E-state index in [-0.39, 0.29) is 17.5 Å². The Kier molecular flexibility index (Phi) is 5.64. The van der Waals surface area contributed by atoms with Gasteiger partial charge >= 0.3 is 0 Å². The Morgan fingerprint density at radius 2 is 1.86 bits per heavy atom. The molecule has 0 aliphatic heterocycles. The number of nitrogens with one attached hydrogen (secondary N) is 1. The molecule has 0 unspecified atom stereocenters. The third-order valence-electron chi connectivity index (χ3n) is 4.08. The Labute approximate surface area is 169 Å². The molecule has 0 atom stereocenters. The second kappa shape index (κ2) is 8.50. The van der Waals surface area contributed by atoms with Gasteiger partial charge in [0.25, 0.3) is 0 Å². The molecule has 1 amide bonds. The number of benzene rings is 2. The first-order chi connectivity index (χ1) is 13.7. The Morgan fingerprint density at radius 3 is 2.64 bits per heavy atom. The smallest absolute Gasteiger partial charge is 0.230 e. The highest BCUT2D eigenvalue weighted by atomic mass is 32.2. The molecule has 28 heavy (non-hydrogen) atoms. The van der Waals surface area contributed by atoms with E-state index in [2.05, 4.69) is 15.3 Å². The predicted octanol–water partition coefficient (Wildman–Crippen LogP) is 4.91. The minimum absolute atomic E-state index is 0.0454. The molecule has 0 fully saturated rings. The monoisotopic (exact) mass is 409 g/mol. The van der Waals surface area contributed by atoms with Gasteiger partial charge in [-0.25, -0.2) is 14.4 Å². The van der Waals surface area contributed by atoms with Gasteiger partial charge in [-0.3, -0.25) is 4.79 Å². The SMILES string of the molecule is O=C(CSc1ncnc2cc(-c3ccc(F)cc3)sc12)NCc1ccccc1. The van der Waals surface area contributed by atoms with E-state index in [0.717, 1.165) is 31.2 Å². The first kappa shape index (κ1) is 18.6. The van der Waals surface area contributed by atoms with Crippen molar-refractivity contribution in [3.8, 4) is 10.4 Å². The van der Waals surface area contributed by atoms with Crippen LogP contribution >= 0.6 is 23.1 Å². The van der Waals surface area contributed by atoms with Gasteiger partial charge in [0.15, 0.2) is 0 Å². The normalized spacial score (nSPS) is 10.9. The largest absolute Gasteiger partial charge is 0.351 e. The number of amides is 1. The Bertz CT molecular complexity index is 1100. The minimum atomic E-state index is -0.262. The van der Waals surface area contributed by atoms with Gasteiger partial charge in [0.2, 0.25) is 5.91 Å². The van der Waals surface area contributed by atoms with Crippen molar-refractivity contribution < 1.29 is 9.18 Å². The highest BCUT2D eigenvalue weighted by molar-refractivity contribution is 8.00. The highest BCUT2D eigenvalue weighted by Crippen LogP contribution is 2.36. The topological polar surface area (TPSA) is 54.9 Å². The summed E-state index contributed by atoms with van der Waals surface area (Å²) >= 11 is 2.94. The molecule has 0 aliphatic carbocycles. The maximum atomic E-state index is 13.2. The summed E-state index contributed by atoms with van der Waals surface area (Å²) in [6.45, 7) is 0.507. The van der Waals surface area contributed by atoms with Gasteiger partial charge in [-0.05, 0) is 29.3 Å². The zero-order valence-electron chi connectivity index (χ0n) is 14.8. The molecule has 1 N–H and O–H groups in total. The first-order valence-electron chi connectivity index (χ1n) is 8.63. The Morgan fingerprint density at radius 1 is 1.07 bits per heavy atom. The number of nitrogens with zero attached hydrogens (tertiary/aromatic N) is 2. The van der Waals surface area contributed by atoms with Gasteiger partial charge in [-0.15, -0.1) is 11.3 Å². The maximum Gasteiger partial charge on any atom is 0.230 e. The van der Waals surface area contributed by atoms with E-state index in [4.69, 9.17) is 0 Å². The summed E-state index contributed by atoms with van der Waals surface area (Å²) in [5.74, 6) is -0.0266. The Hall–Kier alpha value is -2.77. The van der Waals surface area contributed by atoms with Gasteiger partial charge in [0.05, 0.1) is 16.0 Å². The van der Waals surface area contributed by atoms with Crippen LogP contribution in [0.3, 0.4) is 0 Å².